The van der Waals surface area contributed by atoms with Crippen LogP contribution in [0.5, 0.6) is 0 Å². The Labute approximate surface area is 297 Å². The highest BCUT2D eigenvalue weighted by atomic mass is 28.4. The minimum absolute atomic E-state index is 0.522. The van der Waals surface area contributed by atoms with Crippen molar-refractivity contribution in [1.29, 1.82) is 0 Å². The number of nitrogens with zero attached hydrogens (tertiary/aromatic N) is 1. The van der Waals surface area contributed by atoms with Gasteiger partial charge in [-0.1, -0.05) is 153 Å². The van der Waals surface area contributed by atoms with Crippen LogP contribution in [0.15, 0.2) is 29.4 Å². The molecule has 0 atom stereocenters. The number of aryl methyl sites for hydroxylation is 3. The average molecular weight is 740 g/mol. The molecule has 2 aromatic rings. The van der Waals surface area contributed by atoms with Crippen molar-refractivity contribution in [3.63, 3.8) is 0 Å². The van der Waals surface area contributed by atoms with Crippen molar-refractivity contribution in [1.82, 2.24) is 0 Å². The topological polar surface area (TPSA) is 30.8 Å². The summed E-state index contributed by atoms with van der Waals surface area (Å²) in [6, 6.07) is 9.91. The Balaban J connectivity index is 2.56. The van der Waals surface area contributed by atoms with Crippen LogP contribution in [0.3, 0.4) is 0 Å². The van der Waals surface area contributed by atoms with E-state index in [-0.39, 0.29) is 0 Å². The second-order valence-electron chi connectivity index (χ2n) is 21.3. The molecule has 0 saturated carbocycles. The molecule has 0 fully saturated rings. The quantitative estimate of drug-likeness (QED) is 0.215. The highest BCUT2D eigenvalue weighted by molar-refractivity contribution is 6.98. The predicted molar refractivity (Wildman–Crippen MR) is 229 cm³/mol. The van der Waals surface area contributed by atoms with Gasteiger partial charge in [0, 0.05) is 59.5 Å². The summed E-state index contributed by atoms with van der Waals surface area (Å²) in [6.45, 7) is 53.4. The van der Waals surface area contributed by atoms with Gasteiger partial charge in [0.15, 0.2) is 0 Å². The SMILES string of the molecule is Cc1cc(C)c(C2=NOB(c3c(C([Si](C)(C)C)[Si](C)(C)C)cc(C([Si](C)(C)C)[Si](C)(C)C)cc3C([Si](C)(C)C)[Si](C)(C)C)O2)c(C)c1. The van der Waals surface area contributed by atoms with Crippen LogP contribution >= 0.6 is 0 Å². The van der Waals surface area contributed by atoms with Gasteiger partial charge in [-0.2, -0.15) is 0 Å². The second-order valence-corrected chi connectivity index (χ2v) is 54.9. The van der Waals surface area contributed by atoms with Crippen molar-refractivity contribution < 1.29 is 9.41 Å². The van der Waals surface area contributed by atoms with E-state index < -0.39 is 55.6 Å². The average Bonchev–Trinajstić information content (AvgIpc) is 3.21. The monoisotopic (exact) mass is 739 g/mol. The summed E-state index contributed by atoms with van der Waals surface area (Å²) >= 11 is 0. The molecule has 0 saturated heterocycles. The molecule has 0 amide bonds. The van der Waals surface area contributed by atoms with E-state index in [0.717, 1.165) is 5.56 Å². The Kier molecular flexibility index (Phi) is 11.5. The molecular weight excluding hydrogens is 670 g/mol. The largest absolute Gasteiger partial charge is 0.655 e. The van der Waals surface area contributed by atoms with Crippen molar-refractivity contribution in [2.75, 3.05) is 0 Å². The third kappa shape index (κ3) is 9.06. The summed E-state index contributed by atoms with van der Waals surface area (Å²) in [4.78, 5) is 0. The van der Waals surface area contributed by atoms with E-state index in [9.17, 15) is 0 Å². The lowest BCUT2D eigenvalue weighted by molar-refractivity contribution is 0.340. The number of rotatable bonds is 11. The van der Waals surface area contributed by atoms with E-state index in [2.05, 4.69) is 163 Å². The maximum absolute atomic E-state index is 7.01. The van der Waals surface area contributed by atoms with Crippen molar-refractivity contribution in [3.8, 4) is 0 Å². The van der Waals surface area contributed by atoms with Gasteiger partial charge >= 0.3 is 7.12 Å². The molecule has 0 unspecified atom stereocenters. The van der Waals surface area contributed by atoms with Crippen LogP contribution in [0.1, 0.15) is 54.4 Å². The maximum Gasteiger partial charge on any atom is 0.655 e. The van der Waals surface area contributed by atoms with E-state index >= 15 is 0 Å². The Morgan fingerprint density at radius 2 is 0.851 bits per heavy atom. The fourth-order valence-electron chi connectivity index (χ4n) is 10.4. The van der Waals surface area contributed by atoms with E-state index in [4.69, 9.17) is 14.6 Å². The number of hydrogen-bond acceptors (Lipinski definition) is 3. The fraction of sp³-hybridized carbons (Fsp3) is 0.649. The van der Waals surface area contributed by atoms with E-state index in [1.165, 1.54) is 22.2 Å². The first-order chi connectivity index (χ1) is 20.9. The summed E-state index contributed by atoms with van der Waals surface area (Å²) in [5.74, 6) is 0.642. The van der Waals surface area contributed by atoms with Crippen LogP contribution in [-0.2, 0) is 9.41 Å². The molecule has 0 spiro atoms. The Morgan fingerprint density at radius 1 is 0.511 bits per heavy atom. The van der Waals surface area contributed by atoms with Crippen LogP contribution in [0.25, 0.3) is 0 Å². The lowest BCUT2D eigenvalue weighted by atomic mass is 9.72. The number of oxime groups is 1. The molecular formula is C37H70BNO2Si6. The van der Waals surface area contributed by atoms with Crippen molar-refractivity contribution in [2.45, 2.75) is 154 Å². The molecule has 2 aromatic carbocycles. The van der Waals surface area contributed by atoms with E-state index in [0.29, 0.717) is 21.4 Å². The van der Waals surface area contributed by atoms with Gasteiger partial charge in [-0.25, -0.2) is 0 Å². The Hall–Kier alpha value is -0.924. The summed E-state index contributed by atoms with van der Waals surface area (Å²) in [5, 5.41) is 6.56. The number of benzene rings is 2. The molecule has 0 aromatic heterocycles. The lowest BCUT2D eigenvalue weighted by Gasteiger charge is -2.45. The second kappa shape index (κ2) is 13.3. The van der Waals surface area contributed by atoms with Gasteiger partial charge in [-0.3, -0.25) is 0 Å². The van der Waals surface area contributed by atoms with Gasteiger partial charge in [-0.15, -0.1) is 0 Å². The molecule has 0 radical (unpaired) electrons. The summed E-state index contributed by atoms with van der Waals surface area (Å²) < 4.78 is 13.6. The first-order valence-corrected chi connectivity index (χ1v) is 39.5. The molecule has 10 heteroatoms. The van der Waals surface area contributed by atoms with Crippen LogP contribution < -0.4 is 5.46 Å². The standard InChI is InChI=1S/C37H70BNO2Si6/c1-26-22-27(2)32(28(3)23-26)34-39-41-38(40-34)33-30(36(44(10,11)12)45(13,14)15)24-29(35(42(4,5)6)43(7,8)9)25-31(33)37(46(16,17)18)47(19,20)21/h22-25,35-37H,1-21H3. The van der Waals surface area contributed by atoms with Gasteiger partial charge in [0.1, 0.15) is 0 Å². The summed E-state index contributed by atoms with van der Waals surface area (Å²) in [7, 11) is -10.4. The Bertz CT molecular complexity index is 1380. The third-order valence-corrected chi connectivity index (χ3v) is 37.9. The van der Waals surface area contributed by atoms with E-state index in [1.54, 1.807) is 16.7 Å². The zero-order chi connectivity index (χ0) is 36.5. The van der Waals surface area contributed by atoms with Gasteiger partial charge in [0.05, 0.1) is 0 Å². The molecule has 0 bridgehead atoms. The van der Waals surface area contributed by atoms with Crippen LogP contribution in [0, 0.1) is 20.8 Å². The van der Waals surface area contributed by atoms with E-state index in [1.807, 2.05) is 0 Å². The third-order valence-electron chi connectivity index (χ3n) is 9.99. The molecule has 0 aliphatic carbocycles. The van der Waals surface area contributed by atoms with Gasteiger partial charge in [0.25, 0.3) is 0 Å². The van der Waals surface area contributed by atoms with Crippen LogP contribution in [0.4, 0.5) is 0 Å². The molecule has 3 nitrogen and oxygen atoms in total. The first kappa shape index (κ1) is 40.5. The minimum atomic E-state index is -1.69. The van der Waals surface area contributed by atoms with Crippen molar-refractivity contribution in [3.05, 3.63) is 63.2 Å². The van der Waals surface area contributed by atoms with Crippen LogP contribution in [-0.4, -0.2) is 61.5 Å². The fourth-order valence-corrected chi connectivity index (χ4v) is 48.6. The molecule has 262 valence electrons. The molecule has 1 aliphatic heterocycles. The normalized spacial score (nSPS) is 15.5. The number of hydrogen-bond donors (Lipinski definition) is 0. The van der Waals surface area contributed by atoms with Crippen molar-refractivity contribution >= 4 is 66.9 Å². The molecule has 1 heterocycles. The van der Waals surface area contributed by atoms with Gasteiger partial charge in [0.2, 0.25) is 5.90 Å². The zero-order valence-electron chi connectivity index (χ0n) is 34.4. The Morgan fingerprint density at radius 3 is 1.17 bits per heavy atom. The predicted octanol–water partition coefficient (Wildman–Crippen LogP) is 11.2. The summed E-state index contributed by atoms with van der Waals surface area (Å²) in [6.07, 6.45) is 0. The maximum atomic E-state index is 7.01. The van der Waals surface area contributed by atoms with Gasteiger partial charge < -0.3 is 9.41 Å². The smallest absolute Gasteiger partial charge is 0.504 e. The lowest BCUT2D eigenvalue weighted by Crippen LogP contribution is -2.55. The minimum Gasteiger partial charge on any atom is -0.504 e. The highest BCUT2D eigenvalue weighted by Crippen LogP contribution is 2.44. The van der Waals surface area contributed by atoms with Crippen LogP contribution in [0.2, 0.25) is 118 Å². The van der Waals surface area contributed by atoms with Crippen molar-refractivity contribution in [2.24, 2.45) is 5.16 Å². The van der Waals surface area contributed by atoms with Gasteiger partial charge in [-0.05, 0) is 64.1 Å². The molecule has 0 N–H and O–H groups in total. The highest BCUT2D eigenvalue weighted by Gasteiger charge is 2.50. The molecule has 3 rings (SSSR count). The summed E-state index contributed by atoms with van der Waals surface area (Å²) in [5.41, 5.74) is 10.8. The zero-order valence-corrected chi connectivity index (χ0v) is 40.4. The molecule has 47 heavy (non-hydrogen) atoms. The first-order valence-electron chi connectivity index (χ1n) is 18.0. The molecule has 1 aliphatic rings.